The van der Waals surface area contributed by atoms with Crippen molar-refractivity contribution >= 4 is 52.6 Å². The summed E-state index contributed by atoms with van der Waals surface area (Å²) < 4.78 is 12.0. The smallest absolute Gasteiger partial charge is 0.266 e. The summed E-state index contributed by atoms with van der Waals surface area (Å²) in [4.78, 5) is 92.1. The monoisotopic (exact) mass is 929 g/mol. The van der Waals surface area contributed by atoms with E-state index in [0.29, 0.717) is 64.0 Å². The maximum absolute atomic E-state index is 13.6. The van der Waals surface area contributed by atoms with E-state index in [1.165, 1.54) is 6.07 Å². The molecule has 2 aromatic carbocycles. The number of benzene rings is 2. The number of carbonyl (C=O) groups is 6. The molecule has 4 aromatic rings. The molecule has 2 aromatic heterocycles. The van der Waals surface area contributed by atoms with E-state index in [1.54, 1.807) is 43.5 Å². The second-order valence-electron chi connectivity index (χ2n) is 18.0. The third kappa shape index (κ3) is 11.1. The largest absolute Gasteiger partial charge is 0.493 e. The molecular weight excluding hydrogens is 875 g/mol. The lowest BCUT2D eigenvalue weighted by Crippen LogP contribution is -2.54. The lowest BCUT2D eigenvalue weighted by atomic mass is 9.92. The number of nitrogens with two attached hydrogens (primary N) is 1. The van der Waals surface area contributed by atoms with E-state index in [-0.39, 0.29) is 72.4 Å². The summed E-state index contributed by atoms with van der Waals surface area (Å²) in [5.74, 6) is 4.92. The summed E-state index contributed by atoms with van der Waals surface area (Å²) in [7, 11) is 0. The minimum Gasteiger partial charge on any atom is -0.493 e. The normalized spacial score (nSPS) is 18.1. The van der Waals surface area contributed by atoms with Crippen LogP contribution in [-0.2, 0) is 25.8 Å². The van der Waals surface area contributed by atoms with Gasteiger partial charge in [0.2, 0.25) is 23.6 Å². The lowest BCUT2D eigenvalue weighted by molar-refractivity contribution is -0.141. The highest BCUT2D eigenvalue weighted by Gasteiger charge is 2.46. The number of rotatable bonds is 14. The molecule has 0 radical (unpaired) electrons. The zero-order valence-corrected chi connectivity index (χ0v) is 38.6. The van der Waals surface area contributed by atoms with Gasteiger partial charge >= 0.3 is 0 Å². The Kier molecular flexibility index (Phi) is 14.3. The zero-order valence-electron chi connectivity index (χ0n) is 37.8. The number of fused-ring (bicyclic) bond motifs is 1. The number of aliphatic hydroxyl groups is 1. The van der Waals surface area contributed by atoms with Gasteiger partial charge in [0.05, 0.1) is 27.6 Å². The van der Waals surface area contributed by atoms with Crippen LogP contribution in [-0.4, -0.2) is 110 Å². The molecule has 8 rings (SSSR count). The molecule has 0 spiro atoms. The molecule has 350 valence electrons. The molecule has 6 heterocycles. The van der Waals surface area contributed by atoms with Gasteiger partial charge in [-0.3, -0.25) is 39.0 Å². The van der Waals surface area contributed by atoms with Crippen LogP contribution in [0.3, 0.4) is 0 Å². The number of carbonyl (C=O) groups excluding carboxylic acids is 6. The molecule has 1 unspecified atom stereocenters. The fraction of sp³-hybridized carbons (Fsp3) is 0.440. The minimum absolute atomic E-state index is 0.0422. The van der Waals surface area contributed by atoms with Crippen LogP contribution in [0.15, 0.2) is 60.9 Å². The quantitative estimate of drug-likeness (QED) is 0.0816. The third-order valence-corrected chi connectivity index (χ3v) is 13.8. The van der Waals surface area contributed by atoms with Crippen molar-refractivity contribution in [1.29, 1.82) is 0 Å². The lowest BCUT2D eigenvalue weighted by Gasteiger charge is -2.37. The van der Waals surface area contributed by atoms with Gasteiger partial charge in [-0.15, -0.1) is 11.3 Å². The second kappa shape index (κ2) is 20.5. The van der Waals surface area contributed by atoms with Gasteiger partial charge in [-0.1, -0.05) is 30.0 Å². The molecular formula is C50H55N7O9S. The van der Waals surface area contributed by atoms with Gasteiger partial charge in [0.1, 0.15) is 24.0 Å². The van der Waals surface area contributed by atoms with E-state index in [2.05, 4.69) is 22.1 Å². The Labute approximate surface area is 393 Å². The number of imide groups is 2. The Balaban J connectivity index is 0.733. The first-order valence-electron chi connectivity index (χ1n) is 23.0. The van der Waals surface area contributed by atoms with E-state index in [9.17, 15) is 33.9 Å². The molecule has 67 heavy (non-hydrogen) atoms. The summed E-state index contributed by atoms with van der Waals surface area (Å²) in [6, 6.07) is 13.2. The van der Waals surface area contributed by atoms with E-state index in [0.717, 1.165) is 50.7 Å². The topological polar surface area (TPSA) is 215 Å². The molecule has 16 nitrogen and oxygen atoms in total. The van der Waals surface area contributed by atoms with E-state index >= 15 is 0 Å². The molecule has 17 heteroatoms. The highest BCUT2D eigenvalue weighted by atomic mass is 32.1. The predicted molar refractivity (Wildman–Crippen MR) is 249 cm³/mol. The molecule has 3 fully saturated rings. The number of aromatic nitrogens is 2. The van der Waals surface area contributed by atoms with Gasteiger partial charge in [0.15, 0.2) is 11.6 Å². The van der Waals surface area contributed by atoms with Crippen LogP contribution >= 0.6 is 11.3 Å². The van der Waals surface area contributed by atoms with Crippen molar-refractivity contribution < 1.29 is 43.3 Å². The average molecular weight is 930 g/mol. The van der Waals surface area contributed by atoms with Gasteiger partial charge < -0.3 is 30.1 Å². The first-order valence-corrected chi connectivity index (χ1v) is 23.8. The fourth-order valence-corrected chi connectivity index (χ4v) is 9.99. The first-order chi connectivity index (χ1) is 32.2. The van der Waals surface area contributed by atoms with Gasteiger partial charge in [-0.25, -0.2) is 9.97 Å². The number of hydrogen-bond acceptors (Lipinski definition) is 13. The molecule has 1 atom stereocenters. The highest BCUT2D eigenvalue weighted by molar-refractivity contribution is 7.15. The SMILES string of the molecule is CC(C)(O)C#Cc1cccc(COc2cc(-c3cnc(C4CCN(C(=O)C5CCN(C(=O)CCCCCOc6cccc7c6C(=O)N(C6CCC(=O)NC6=O)C7=O)CC5)CC4)s3)cnc2N)c1. The average Bonchev–Trinajstić information content (AvgIpc) is 3.92. The van der Waals surface area contributed by atoms with Crippen molar-refractivity contribution in [2.45, 2.75) is 102 Å². The Morgan fingerprint density at radius 1 is 0.881 bits per heavy atom. The minimum atomic E-state index is -1.09. The second-order valence-corrected chi connectivity index (χ2v) is 19.1. The van der Waals surface area contributed by atoms with Crippen molar-refractivity contribution in [3.8, 4) is 33.8 Å². The summed E-state index contributed by atoms with van der Waals surface area (Å²) >= 11 is 1.62. The third-order valence-electron chi connectivity index (χ3n) is 12.6. The number of nitrogens with one attached hydrogen (secondary N) is 1. The summed E-state index contributed by atoms with van der Waals surface area (Å²) in [6.45, 7) is 6.26. The Morgan fingerprint density at radius 3 is 2.40 bits per heavy atom. The number of likely N-dealkylation sites (tertiary alicyclic amines) is 2. The number of amides is 6. The number of hydrogen-bond donors (Lipinski definition) is 3. The number of ether oxygens (including phenoxy) is 2. The molecule has 3 saturated heterocycles. The van der Waals surface area contributed by atoms with E-state index in [1.807, 2.05) is 46.3 Å². The van der Waals surface area contributed by atoms with Crippen LogP contribution in [0.1, 0.15) is 121 Å². The summed E-state index contributed by atoms with van der Waals surface area (Å²) in [6.07, 6.45) is 9.03. The first kappa shape index (κ1) is 46.9. The number of nitrogens with zero attached hydrogens (tertiary/aromatic N) is 5. The highest BCUT2D eigenvalue weighted by Crippen LogP contribution is 2.38. The van der Waals surface area contributed by atoms with Crippen molar-refractivity contribution in [2.24, 2.45) is 5.92 Å². The maximum Gasteiger partial charge on any atom is 0.266 e. The molecule has 4 aliphatic heterocycles. The summed E-state index contributed by atoms with van der Waals surface area (Å²) in [5.41, 5.74) is 7.93. The van der Waals surface area contributed by atoms with Crippen molar-refractivity contribution in [3.05, 3.63) is 88.2 Å². The van der Waals surface area contributed by atoms with Crippen LogP contribution in [0.5, 0.6) is 11.5 Å². The van der Waals surface area contributed by atoms with E-state index < -0.39 is 35.3 Å². The Hall–Kier alpha value is -6.64. The fourth-order valence-electron chi connectivity index (χ4n) is 8.92. The van der Waals surface area contributed by atoms with Crippen LogP contribution in [0.2, 0.25) is 0 Å². The Morgan fingerprint density at radius 2 is 1.64 bits per heavy atom. The van der Waals surface area contributed by atoms with Gasteiger partial charge in [0, 0.05) is 74.4 Å². The van der Waals surface area contributed by atoms with Gasteiger partial charge in [-0.2, -0.15) is 0 Å². The zero-order chi connectivity index (χ0) is 47.2. The van der Waals surface area contributed by atoms with Crippen molar-refractivity contribution in [2.75, 3.05) is 38.5 Å². The number of thiazole rings is 1. The van der Waals surface area contributed by atoms with Gasteiger partial charge in [-0.05, 0) is 101 Å². The number of anilines is 1. The molecule has 0 bridgehead atoms. The van der Waals surface area contributed by atoms with Crippen LogP contribution < -0.4 is 20.5 Å². The van der Waals surface area contributed by atoms with Crippen LogP contribution in [0.4, 0.5) is 5.82 Å². The van der Waals surface area contributed by atoms with Crippen molar-refractivity contribution in [3.63, 3.8) is 0 Å². The molecule has 0 aliphatic carbocycles. The standard InChI is InChI=1S/C50H55N7O9S/c1-50(2,64)20-15-31-8-6-9-32(26-31)30-66-39-27-35(28-52-44(39)51)40-29-53-46(67-40)33-16-23-56(24-17-33)47(61)34-18-21-55(22-19-34)42(59)12-4-3-5-25-65-38-11-7-10-36-43(38)49(63)57(48(36)62)37-13-14-41(58)54-45(37)60/h6-11,26-29,33-34,37,64H,3-5,12-14,16-19,21-25,30H2,1-2H3,(H2,51,52)(H,54,58,60). The molecule has 4 N–H and O–H groups in total. The maximum atomic E-state index is 13.6. The Bertz CT molecular complexity index is 2610. The predicted octanol–water partition coefficient (Wildman–Crippen LogP) is 5.47. The number of unbranched alkanes of at least 4 members (excludes halogenated alkanes) is 2. The molecule has 0 saturated carbocycles. The van der Waals surface area contributed by atoms with Crippen molar-refractivity contribution in [1.82, 2.24) is 30.0 Å². The van der Waals surface area contributed by atoms with Gasteiger partial charge in [0.25, 0.3) is 11.8 Å². The van der Waals surface area contributed by atoms with E-state index in [4.69, 9.17) is 20.2 Å². The molecule has 6 amide bonds. The summed E-state index contributed by atoms with van der Waals surface area (Å²) in [5, 5.41) is 13.2. The number of piperidine rings is 3. The number of nitrogen functional groups attached to an aromatic ring is 1. The number of pyridine rings is 1. The van der Waals surface area contributed by atoms with Crippen LogP contribution in [0.25, 0.3) is 10.4 Å². The van der Waals surface area contributed by atoms with Crippen LogP contribution in [0, 0.1) is 17.8 Å². The molecule has 4 aliphatic rings.